The second-order valence-corrected chi connectivity index (χ2v) is 4.88. The fraction of sp³-hybridized carbons (Fsp3) is 0.111. The largest absolute Gasteiger partial charge is 0.507 e. The van der Waals surface area contributed by atoms with Crippen molar-refractivity contribution in [3.8, 4) is 11.5 Å². The first-order valence-corrected chi connectivity index (χ1v) is 6.96. The molecule has 0 fully saturated rings. The fourth-order valence-corrected chi connectivity index (χ4v) is 2.00. The van der Waals surface area contributed by atoms with Crippen LogP contribution in [-0.2, 0) is 4.79 Å². The molecule has 1 amide bonds. The number of carbonyl (C=O) groups excluding carboxylic acids is 2. The Kier molecular flexibility index (Phi) is 5.15. The van der Waals surface area contributed by atoms with E-state index in [0.29, 0.717) is 5.69 Å². The molecule has 23 heavy (non-hydrogen) atoms. The number of anilines is 1. The Morgan fingerprint density at radius 1 is 1.13 bits per heavy atom. The Morgan fingerprint density at radius 2 is 1.83 bits per heavy atom. The van der Waals surface area contributed by atoms with E-state index >= 15 is 0 Å². The van der Waals surface area contributed by atoms with Gasteiger partial charge < -0.3 is 15.2 Å². The molecule has 5 heteroatoms. The fourth-order valence-electron chi connectivity index (χ4n) is 2.00. The lowest BCUT2D eigenvalue weighted by Gasteiger charge is -2.05. The predicted molar refractivity (Wildman–Crippen MR) is 88.8 cm³/mol. The lowest BCUT2D eigenvalue weighted by atomic mass is 10.1. The quantitative estimate of drug-likeness (QED) is 0.656. The highest BCUT2D eigenvalue weighted by Gasteiger charge is 2.09. The highest BCUT2D eigenvalue weighted by Crippen LogP contribution is 2.23. The number of rotatable bonds is 5. The molecule has 0 spiro atoms. The molecular weight excluding hydrogens is 294 g/mol. The second kappa shape index (κ2) is 7.26. The average Bonchev–Trinajstić information content (AvgIpc) is 2.52. The molecule has 0 aromatic heterocycles. The highest BCUT2D eigenvalue weighted by atomic mass is 16.5. The molecule has 5 nitrogen and oxygen atoms in total. The smallest absolute Gasteiger partial charge is 0.221 e. The van der Waals surface area contributed by atoms with Gasteiger partial charge in [0.15, 0.2) is 5.78 Å². The van der Waals surface area contributed by atoms with E-state index in [0.717, 1.165) is 11.3 Å². The summed E-state index contributed by atoms with van der Waals surface area (Å²) in [6.45, 7) is 1.37. The third-order valence-electron chi connectivity index (χ3n) is 3.13. The highest BCUT2D eigenvalue weighted by molar-refractivity contribution is 6.09. The van der Waals surface area contributed by atoms with Gasteiger partial charge in [0.25, 0.3) is 0 Å². The van der Waals surface area contributed by atoms with Crippen molar-refractivity contribution in [2.75, 3.05) is 12.4 Å². The molecule has 0 aliphatic carbocycles. The molecule has 0 saturated heterocycles. The molecule has 0 unspecified atom stereocenters. The number of ether oxygens (including phenoxy) is 1. The summed E-state index contributed by atoms with van der Waals surface area (Å²) in [6, 6.07) is 11.6. The van der Waals surface area contributed by atoms with E-state index in [-0.39, 0.29) is 23.0 Å². The standard InChI is InChI=1S/C18H17NO4/c1-12(20)19-14-6-9-16(18(22)11-14)17(21)10-5-13-3-7-15(23-2)8-4-13/h3-11,22H,1-2H3,(H,19,20)/b10-5+. The monoisotopic (exact) mass is 311 g/mol. The Bertz CT molecular complexity index is 748. The minimum atomic E-state index is -0.326. The summed E-state index contributed by atoms with van der Waals surface area (Å²) in [5, 5.41) is 12.5. The zero-order chi connectivity index (χ0) is 16.8. The van der Waals surface area contributed by atoms with E-state index in [1.807, 2.05) is 12.1 Å². The lowest BCUT2D eigenvalue weighted by molar-refractivity contribution is -0.114. The Labute approximate surface area is 134 Å². The molecule has 0 atom stereocenters. The Balaban J connectivity index is 2.13. The summed E-state index contributed by atoms with van der Waals surface area (Å²) in [4.78, 5) is 23.1. The van der Waals surface area contributed by atoms with Gasteiger partial charge in [-0.25, -0.2) is 0 Å². The van der Waals surface area contributed by atoms with E-state index in [4.69, 9.17) is 4.74 Å². The topological polar surface area (TPSA) is 75.6 Å². The minimum absolute atomic E-state index is 0.170. The van der Waals surface area contributed by atoms with Crippen molar-refractivity contribution in [3.05, 3.63) is 59.7 Å². The van der Waals surface area contributed by atoms with Gasteiger partial charge in [-0.2, -0.15) is 0 Å². The number of hydrogen-bond acceptors (Lipinski definition) is 4. The van der Waals surface area contributed by atoms with Crippen molar-refractivity contribution in [1.82, 2.24) is 0 Å². The summed E-state index contributed by atoms with van der Waals surface area (Å²) in [5.41, 5.74) is 1.45. The summed E-state index contributed by atoms with van der Waals surface area (Å²) >= 11 is 0. The molecule has 118 valence electrons. The molecule has 0 bridgehead atoms. The number of ketones is 1. The average molecular weight is 311 g/mol. The molecule has 0 heterocycles. The van der Waals surface area contributed by atoms with Crippen LogP contribution in [0.25, 0.3) is 6.08 Å². The number of amides is 1. The number of aromatic hydroxyl groups is 1. The van der Waals surface area contributed by atoms with Crippen molar-refractivity contribution < 1.29 is 19.4 Å². The van der Waals surface area contributed by atoms with Crippen molar-refractivity contribution >= 4 is 23.5 Å². The summed E-state index contributed by atoms with van der Waals surface area (Å²) in [6.07, 6.45) is 3.04. The third-order valence-corrected chi connectivity index (χ3v) is 3.13. The molecule has 0 saturated carbocycles. The maximum atomic E-state index is 12.1. The van der Waals surface area contributed by atoms with Crippen molar-refractivity contribution in [3.63, 3.8) is 0 Å². The zero-order valence-corrected chi connectivity index (χ0v) is 12.9. The molecule has 0 aliphatic rings. The maximum Gasteiger partial charge on any atom is 0.221 e. The van der Waals surface area contributed by atoms with Gasteiger partial charge in [0.2, 0.25) is 5.91 Å². The molecule has 2 aromatic carbocycles. The van der Waals surface area contributed by atoms with Gasteiger partial charge in [-0.3, -0.25) is 9.59 Å². The van der Waals surface area contributed by atoms with Gasteiger partial charge >= 0.3 is 0 Å². The molecule has 0 aliphatic heterocycles. The molecular formula is C18H17NO4. The van der Waals surface area contributed by atoms with Gasteiger partial charge in [-0.1, -0.05) is 18.2 Å². The van der Waals surface area contributed by atoms with Crippen LogP contribution in [0.2, 0.25) is 0 Å². The first kappa shape index (κ1) is 16.3. The number of allylic oxidation sites excluding steroid dienone is 1. The van der Waals surface area contributed by atoms with Crippen molar-refractivity contribution in [2.45, 2.75) is 6.92 Å². The van der Waals surface area contributed by atoms with E-state index in [1.165, 1.54) is 25.1 Å². The van der Waals surface area contributed by atoms with Crippen LogP contribution < -0.4 is 10.1 Å². The summed E-state index contributed by atoms with van der Waals surface area (Å²) in [7, 11) is 1.59. The number of hydrogen-bond donors (Lipinski definition) is 2. The number of methoxy groups -OCH3 is 1. The van der Waals surface area contributed by atoms with E-state index in [1.54, 1.807) is 31.4 Å². The van der Waals surface area contributed by atoms with Crippen LogP contribution >= 0.6 is 0 Å². The van der Waals surface area contributed by atoms with Crippen LogP contribution in [0, 0.1) is 0 Å². The minimum Gasteiger partial charge on any atom is -0.507 e. The third kappa shape index (κ3) is 4.44. The number of carbonyl (C=O) groups is 2. The Morgan fingerprint density at radius 3 is 2.39 bits per heavy atom. The lowest BCUT2D eigenvalue weighted by Crippen LogP contribution is -2.06. The predicted octanol–water partition coefficient (Wildman–Crippen LogP) is 3.26. The molecule has 2 rings (SSSR count). The number of benzene rings is 2. The number of nitrogens with one attached hydrogen (secondary N) is 1. The van der Waals surface area contributed by atoms with Crippen LogP contribution in [0.1, 0.15) is 22.8 Å². The Hall–Kier alpha value is -3.08. The van der Waals surface area contributed by atoms with Crippen LogP contribution in [0.3, 0.4) is 0 Å². The molecule has 0 radical (unpaired) electrons. The molecule has 2 aromatic rings. The van der Waals surface area contributed by atoms with E-state index < -0.39 is 0 Å². The normalized spacial score (nSPS) is 10.5. The van der Waals surface area contributed by atoms with Crippen LogP contribution in [0.5, 0.6) is 11.5 Å². The van der Waals surface area contributed by atoms with Gasteiger partial charge in [-0.05, 0) is 35.9 Å². The van der Waals surface area contributed by atoms with Crippen LogP contribution in [0.15, 0.2) is 48.5 Å². The second-order valence-electron chi connectivity index (χ2n) is 4.88. The maximum absolute atomic E-state index is 12.1. The zero-order valence-electron chi connectivity index (χ0n) is 12.9. The summed E-state index contributed by atoms with van der Waals surface area (Å²) < 4.78 is 5.06. The van der Waals surface area contributed by atoms with Gasteiger partial charge in [0.05, 0.1) is 12.7 Å². The van der Waals surface area contributed by atoms with Crippen molar-refractivity contribution in [2.24, 2.45) is 0 Å². The summed E-state index contributed by atoms with van der Waals surface area (Å²) in [5.74, 6) is -0.0177. The van der Waals surface area contributed by atoms with Crippen LogP contribution in [0.4, 0.5) is 5.69 Å². The first-order chi connectivity index (χ1) is 11.0. The van der Waals surface area contributed by atoms with Gasteiger partial charge in [0, 0.05) is 18.7 Å². The van der Waals surface area contributed by atoms with E-state index in [2.05, 4.69) is 5.32 Å². The van der Waals surface area contributed by atoms with Gasteiger partial charge in [0.1, 0.15) is 11.5 Å². The van der Waals surface area contributed by atoms with Gasteiger partial charge in [-0.15, -0.1) is 0 Å². The van der Waals surface area contributed by atoms with Crippen molar-refractivity contribution in [1.29, 1.82) is 0 Å². The SMILES string of the molecule is COc1ccc(/C=C/C(=O)c2ccc(NC(C)=O)cc2O)cc1. The first-order valence-electron chi connectivity index (χ1n) is 6.96. The number of phenols is 1. The van der Waals surface area contributed by atoms with E-state index in [9.17, 15) is 14.7 Å². The number of phenolic OH excluding ortho intramolecular Hbond substituents is 1. The molecule has 2 N–H and O–H groups in total. The van der Waals surface area contributed by atoms with Crippen LogP contribution in [-0.4, -0.2) is 23.9 Å².